The van der Waals surface area contributed by atoms with Gasteiger partial charge in [0.1, 0.15) is 5.25 Å². The van der Waals surface area contributed by atoms with Crippen LogP contribution < -0.4 is 0 Å². The zero-order valence-electron chi connectivity index (χ0n) is 10.2. The second kappa shape index (κ2) is 8.61. The lowest BCUT2D eigenvalue weighted by molar-refractivity contribution is -0.136. The fraction of sp³-hybridized carbons (Fsp3) is 0.909. The van der Waals surface area contributed by atoms with Crippen molar-refractivity contribution in [2.75, 3.05) is 5.75 Å². The number of halogens is 4. The van der Waals surface area contributed by atoms with Crippen molar-refractivity contribution >= 4 is 17.7 Å². The van der Waals surface area contributed by atoms with Crippen molar-refractivity contribution < 1.29 is 27.5 Å². The molecule has 1 atom stereocenters. The average molecular weight is 290 g/mol. The van der Waals surface area contributed by atoms with Crippen LogP contribution in [0.5, 0.6) is 0 Å². The van der Waals surface area contributed by atoms with Crippen molar-refractivity contribution in [1.82, 2.24) is 0 Å². The van der Waals surface area contributed by atoms with Gasteiger partial charge in [-0.1, -0.05) is 19.8 Å². The zero-order valence-corrected chi connectivity index (χ0v) is 11.0. The molecule has 0 aliphatic carbocycles. The molecule has 0 aromatic carbocycles. The number of carboxylic acids is 1. The van der Waals surface area contributed by atoms with Gasteiger partial charge in [0.25, 0.3) is 0 Å². The smallest absolute Gasteiger partial charge is 0.316 e. The molecular formula is C11H18F4O2S. The van der Waals surface area contributed by atoms with E-state index in [9.17, 15) is 22.4 Å². The lowest BCUT2D eigenvalue weighted by atomic mass is 10.2. The summed E-state index contributed by atoms with van der Waals surface area (Å²) in [6.45, 7) is 1.92. The highest BCUT2D eigenvalue weighted by Gasteiger charge is 2.39. The molecule has 0 spiro atoms. The van der Waals surface area contributed by atoms with E-state index in [0.717, 1.165) is 24.6 Å². The molecule has 0 amide bonds. The summed E-state index contributed by atoms with van der Waals surface area (Å²) in [7, 11) is 0. The van der Waals surface area contributed by atoms with E-state index in [2.05, 4.69) is 0 Å². The molecule has 0 aliphatic rings. The van der Waals surface area contributed by atoms with E-state index in [0.29, 0.717) is 6.42 Å². The maximum absolute atomic E-state index is 12.6. The van der Waals surface area contributed by atoms with Gasteiger partial charge >= 0.3 is 18.3 Å². The Balaban J connectivity index is 3.90. The SMILES string of the molecule is CCCCC(SCCCC(F)(F)C(F)F)C(=O)O. The lowest BCUT2D eigenvalue weighted by Gasteiger charge is -2.15. The molecule has 0 bridgehead atoms. The Bertz CT molecular complexity index is 249. The third-order valence-corrected chi connectivity index (χ3v) is 3.75. The van der Waals surface area contributed by atoms with Crippen molar-refractivity contribution in [3.63, 3.8) is 0 Å². The third kappa shape index (κ3) is 7.08. The van der Waals surface area contributed by atoms with Crippen LogP contribution in [-0.2, 0) is 4.79 Å². The highest BCUT2D eigenvalue weighted by atomic mass is 32.2. The molecule has 0 heterocycles. The summed E-state index contributed by atoms with van der Waals surface area (Å²) in [4.78, 5) is 10.8. The minimum atomic E-state index is -3.97. The van der Waals surface area contributed by atoms with E-state index in [-0.39, 0.29) is 12.2 Å². The Labute approximate surface area is 108 Å². The molecule has 0 aliphatic heterocycles. The molecule has 1 unspecified atom stereocenters. The predicted molar refractivity (Wildman–Crippen MR) is 63.6 cm³/mol. The molecule has 18 heavy (non-hydrogen) atoms. The van der Waals surface area contributed by atoms with Crippen LogP contribution in [0.2, 0.25) is 0 Å². The van der Waals surface area contributed by atoms with Gasteiger partial charge in [-0.2, -0.15) is 0 Å². The Kier molecular flexibility index (Phi) is 8.39. The minimum Gasteiger partial charge on any atom is -0.480 e. The maximum atomic E-state index is 12.6. The first-order valence-electron chi connectivity index (χ1n) is 5.81. The number of hydrogen-bond acceptors (Lipinski definition) is 2. The van der Waals surface area contributed by atoms with Crippen LogP contribution in [-0.4, -0.2) is 34.4 Å². The van der Waals surface area contributed by atoms with Gasteiger partial charge in [0.05, 0.1) is 0 Å². The average Bonchev–Trinajstić information content (AvgIpc) is 2.27. The molecule has 0 fully saturated rings. The maximum Gasteiger partial charge on any atom is 0.316 e. The first-order valence-corrected chi connectivity index (χ1v) is 6.86. The van der Waals surface area contributed by atoms with Gasteiger partial charge in [0, 0.05) is 6.42 Å². The fourth-order valence-electron chi connectivity index (χ4n) is 1.31. The van der Waals surface area contributed by atoms with Crippen molar-refractivity contribution in [2.24, 2.45) is 0 Å². The Morgan fingerprint density at radius 3 is 2.39 bits per heavy atom. The van der Waals surface area contributed by atoms with E-state index >= 15 is 0 Å². The number of unbranched alkanes of at least 4 members (excludes halogenated alkanes) is 1. The monoisotopic (exact) mass is 290 g/mol. The number of hydrogen-bond donors (Lipinski definition) is 1. The molecule has 1 N–H and O–H groups in total. The van der Waals surface area contributed by atoms with Crippen LogP contribution >= 0.6 is 11.8 Å². The minimum absolute atomic E-state index is 0.113. The Morgan fingerprint density at radius 1 is 1.33 bits per heavy atom. The molecule has 7 heteroatoms. The Hall–Kier alpha value is -0.460. The largest absolute Gasteiger partial charge is 0.480 e. The summed E-state index contributed by atoms with van der Waals surface area (Å²) in [5, 5.41) is 8.22. The standard InChI is InChI=1S/C11H18F4O2S/c1-2-3-5-8(9(16)17)18-7-4-6-11(14,15)10(12)13/h8,10H,2-7H2,1H3,(H,16,17). The number of carbonyl (C=O) groups is 1. The molecule has 0 aromatic rings. The highest BCUT2D eigenvalue weighted by molar-refractivity contribution is 8.00. The van der Waals surface area contributed by atoms with E-state index in [4.69, 9.17) is 5.11 Å². The zero-order chi connectivity index (χ0) is 14.2. The molecule has 0 saturated heterocycles. The predicted octanol–water partition coefficient (Wildman–Crippen LogP) is 4.04. The number of aliphatic carboxylic acids is 1. The first kappa shape index (κ1) is 17.5. The van der Waals surface area contributed by atoms with Gasteiger partial charge < -0.3 is 5.11 Å². The van der Waals surface area contributed by atoms with Gasteiger partial charge in [0.15, 0.2) is 0 Å². The number of carboxylic acid groups (broad SMARTS) is 1. The molecular weight excluding hydrogens is 272 g/mol. The van der Waals surface area contributed by atoms with Gasteiger partial charge in [-0.05, 0) is 18.6 Å². The molecule has 2 nitrogen and oxygen atoms in total. The van der Waals surface area contributed by atoms with Crippen LogP contribution in [0.1, 0.15) is 39.0 Å². The molecule has 0 rings (SSSR count). The van der Waals surface area contributed by atoms with Gasteiger partial charge in [-0.25, -0.2) is 17.6 Å². The molecule has 0 saturated carbocycles. The first-order chi connectivity index (χ1) is 8.31. The summed E-state index contributed by atoms with van der Waals surface area (Å²) in [5.74, 6) is -4.79. The van der Waals surface area contributed by atoms with Crippen molar-refractivity contribution in [3.05, 3.63) is 0 Å². The summed E-state index contributed by atoms with van der Waals surface area (Å²) >= 11 is 1.04. The van der Waals surface area contributed by atoms with Crippen LogP contribution in [0.15, 0.2) is 0 Å². The summed E-state index contributed by atoms with van der Waals surface area (Å²) in [6.07, 6.45) is -2.60. The van der Waals surface area contributed by atoms with Crippen LogP contribution in [0.3, 0.4) is 0 Å². The highest BCUT2D eigenvalue weighted by Crippen LogP contribution is 2.29. The fourth-order valence-corrected chi connectivity index (χ4v) is 2.38. The second-order valence-corrected chi connectivity index (χ2v) is 5.32. The third-order valence-electron chi connectivity index (χ3n) is 2.39. The van der Waals surface area contributed by atoms with Gasteiger partial charge in [-0.15, -0.1) is 11.8 Å². The number of rotatable bonds is 10. The van der Waals surface area contributed by atoms with Crippen molar-refractivity contribution in [1.29, 1.82) is 0 Å². The van der Waals surface area contributed by atoms with Crippen LogP contribution in [0, 0.1) is 0 Å². The second-order valence-electron chi connectivity index (χ2n) is 4.01. The van der Waals surface area contributed by atoms with Crippen molar-refractivity contribution in [2.45, 2.75) is 56.6 Å². The van der Waals surface area contributed by atoms with Crippen LogP contribution in [0.4, 0.5) is 17.6 Å². The Morgan fingerprint density at radius 2 is 1.94 bits per heavy atom. The normalized spacial score (nSPS) is 13.9. The number of alkyl halides is 4. The van der Waals surface area contributed by atoms with Crippen LogP contribution in [0.25, 0.3) is 0 Å². The lowest BCUT2D eigenvalue weighted by Crippen LogP contribution is -2.26. The number of thioether (sulfide) groups is 1. The van der Waals surface area contributed by atoms with Gasteiger partial charge in [-0.3, -0.25) is 4.79 Å². The molecule has 0 aromatic heterocycles. The van der Waals surface area contributed by atoms with E-state index in [1.807, 2.05) is 6.92 Å². The summed E-state index contributed by atoms with van der Waals surface area (Å²) < 4.78 is 48.8. The summed E-state index contributed by atoms with van der Waals surface area (Å²) in [6, 6.07) is 0. The van der Waals surface area contributed by atoms with E-state index < -0.39 is 30.0 Å². The summed E-state index contributed by atoms with van der Waals surface area (Å²) in [5.41, 5.74) is 0. The molecule has 0 radical (unpaired) electrons. The molecule has 108 valence electrons. The van der Waals surface area contributed by atoms with E-state index in [1.165, 1.54) is 0 Å². The quantitative estimate of drug-likeness (QED) is 0.487. The van der Waals surface area contributed by atoms with E-state index in [1.54, 1.807) is 0 Å². The van der Waals surface area contributed by atoms with Crippen molar-refractivity contribution in [3.8, 4) is 0 Å². The topological polar surface area (TPSA) is 37.3 Å². The van der Waals surface area contributed by atoms with Gasteiger partial charge in [0.2, 0.25) is 0 Å².